The highest BCUT2D eigenvalue weighted by atomic mass is 32.3. The molecule has 0 radical (unpaired) electrons. The maximum absolute atomic E-state index is 12.6. The van der Waals surface area contributed by atoms with Crippen LogP contribution < -0.4 is 11.1 Å². The van der Waals surface area contributed by atoms with E-state index in [9.17, 15) is 82.5 Å². The zero-order chi connectivity index (χ0) is 49.8. The zero-order valence-corrected chi connectivity index (χ0v) is 38.2. The largest absolute Gasteiger partial charge is 0.505 e. The van der Waals surface area contributed by atoms with E-state index in [1.54, 1.807) is 0 Å². The van der Waals surface area contributed by atoms with Gasteiger partial charge >= 0.3 is 20.8 Å². The Hall–Kier alpha value is -5.22. The topological polar surface area (TPSA) is 483 Å². The number of nitrogens with one attached hydrogen (secondary N) is 1. The van der Waals surface area contributed by atoms with E-state index in [0.29, 0.717) is 18.2 Å². The van der Waals surface area contributed by atoms with Gasteiger partial charge in [0, 0.05) is 12.1 Å². The van der Waals surface area contributed by atoms with Crippen LogP contribution in [0.5, 0.6) is 5.75 Å². The summed E-state index contributed by atoms with van der Waals surface area (Å²) in [6.07, 6.45) is -0.841. The summed E-state index contributed by atoms with van der Waals surface area (Å²) in [6.45, 7) is -1.86. The maximum atomic E-state index is 12.6. The Morgan fingerprint density at radius 3 is 1.65 bits per heavy atom. The van der Waals surface area contributed by atoms with E-state index in [2.05, 4.69) is 34.1 Å². The molecule has 1 amide bonds. The number of fused-ring (bicyclic) bond motifs is 1. The van der Waals surface area contributed by atoms with Crippen LogP contribution in [0.15, 0.2) is 94.6 Å². The van der Waals surface area contributed by atoms with Crippen LogP contribution in [0.1, 0.15) is 12.8 Å². The van der Waals surface area contributed by atoms with Crippen molar-refractivity contribution in [1.82, 2.24) is 0 Å². The van der Waals surface area contributed by atoms with Crippen LogP contribution in [-0.2, 0) is 84.0 Å². The van der Waals surface area contributed by atoms with Gasteiger partial charge in [-0.2, -0.15) is 47.2 Å². The van der Waals surface area contributed by atoms with Crippen LogP contribution in [0.4, 0.5) is 34.1 Å². The van der Waals surface area contributed by atoms with Crippen molar-refractivity contribution in [2.24, 2.45) is 20.5 Å². The van der Waals surface area contributed by atoms with Gasteiger partial charge < -0.3 is 16.2 Å². The average Bonchev–Trinajstić information content (AvgIpc) is 3.14. The maximum Gasteiger partial charge on any atom is 0.397 e. The molecule has 0 saturated heterocycles. The minimum absolute atomic E-state index is 0.215. The molecule has 0 unspecified atom stereocenters. The first-order valence-corrected chi connectivity index (χ1v) is 27.7. The number of nitrogens with two attached hydrogens (primary N) is 1. The first-order chi connectivity index (χ1) is 30.1. The number of rotatable bonds is 21. The highest BCUT2D eigenvalue weighted by molar-refractivity contribution is 7.91. The molecule has 0 spiro atoms. The van der Waals surface area contributed by atoms with Crippen LogP contribution >= 0.6 is 0 Å². The number of anilines is 2. The van der Waals surface area contributed by atoms with Gasteiger partial charge in [-0.3, -0.25) is 27.6 Å². The lowest BCUT2D eigenvalue weighted by atomic mass is 10.1. The Morgan fingerprint density at radius 2 is 1.12 bits per heavy atom. The predicted octanol–water partition coefficient (Wildman–Crippen LogP) is 2.24. The molecule has 9 N–H and O–H groups in total. The number of benzene rings is 4. The fraction of sp³-hybridized carbons (Fsp3) is 0.233. The van der Waals surface area contributed by atoms with Crippen molar-refractivity contribution in [3.8, 4) is 5.75 Å². The van der Waals surface area contributed by atoms with Gasteiger partial charge in [0.2, 0.25) is 5.91 Å². The summed E-state index contributed by atoms with van der Waals surface area (Å²) >= 11 is 0. The molecule has 0 bridgehead atoms. The first kappa shape index (κ1) is 53.4. The van der Waals surface area contributed by atoms with E-state index >= 15 is 0 Å². The van der Waals surface area contributed by atoms with Gasteiger partial charge in [0.05, 0.1) is 52.1 Å². The Morgan fingerprint density at radius 1 is 0.606 bits per heavy atom. The molecular formula is C30H32N6O23S7. The molecule has 66 heavy (non-hydrogen) atoms. The minimum atomic E-state index is -5.50. The number of phenolic OH excluding ortho intramolecular Hbond substituents is 1. The minimum Gasteiger partial charge on any atom is -0.505 e. The molecule has 0 saturated carbocycles. The van der Waals surface area contributed by atoms with Crippen molar-refractivity contribution in [2.45, 2.75) is 32.4 Å². The second-order valence-electron chi connectivity index (χ2n) is 12.9. The summed E-state index contributed by atoms with van der Waals surface area (Å²) in [5, 5.41) is 26.8. The number of aromatic hydroxyl groups is 1. The number of sulfone groups is 2. The molecule has 0 atom stereocenters. The number of nitrogens with zero attached hydrogens (tertiary/aromatic N) is 4. The third-order valence-electron chi connectivity index (χ3n) is 8.18. The number of hydrogen-bond acceptors (Lipinski definition) is 23. The number of nitrogen functional groups attached to an aromatic ring is 1. The van der Waals surface area contributed by atoms with Crippen molar-refractivity contribution in [1.29, 1.82) is 0 Å². The second kappa shape index (κ2) is 19.9. The third-order valence-corrected chi connectivity index (χ3v) is 15.1. The molecule has 0 aliphatic carbocycles. The lowest BCUT2D eigenvalue weighted by Crippen LogP contribution is -2.19. The van der Waals surface area contributed by atoms with E-state index < -0.39 is 172 Å². The van der Waals surface area contributed by atoms with Gasteiger partial charge in [-0.25, -0.2) is 25.2 Å². The molecule has 0 fully saturated rings. The van der Waals surface area contributed by atoms with Gasteiger partial charge in [0.1, 0.15) is 31.7 Å². The smallest absolute Gasteiger partial charge is 0.397 e. The molecule has 362 valence electrons. The van der Waals surface area contributed by atoms with Crippen LogP contribution in [0, 0.1) is 0 Å². The Labute approximate surface area is 374 Å². The quantitative estimate of drug-likeness (QED) is 0.0337. The van der Waals surface area contributed by atoms with Gasteiger partial charge in [-0.1, -0.05) is 0 Å². The van der Waals surface area contributed by atoms with Gasteiger partial charge in [-0.05, 0) is 66.4 Å². The van der Waals surface area contributed by atoms with Crippen LogP contribution in [0.3, 0.4) is 0 Å². The number of phenols is 1. The molecule has 29 nitrogen and oxygen atoms in total. The second-order valence-corrected chi connectivity index (χ2v) is 23.7. The summed E-state index contributed by atoms with van der Waals surface area (Å²) in [6, 6.07) is 7.34. The SMILES string of the molecule is Nc1c(/N=N/c2ccc(S(=O)(=O)CCOS(=O)(=O)O)cc2)c(S(=O)(=O)O)cc2cc(S(=O)(=O)O)c(/N=N/c3cc(NC(=O)CCCS(=O)(=O)CCOS(=O)(=O)O)ccc3S(=O)(=O)O)c(O)c12. The van der Waals surface area contributed by atoms with Crippen LogP contribution in [0.2, 0.25) is 0 Å². The number of hydrogen-bond donors (Lipinski definition) is 8. The van der Waals surface area contributed by atoms with E-state index in [1.165, 1.54) is 0 Å². The summed E-state index contributed by atoms with van der Waals surface area (Å²) in [7, 11) is -34.1. The number of amides is 1. The monoisotopic (exact) mass is 1070 g/mol. The van der Waals surface area contributed by atoms with Gasteiger partial charge in [0.15, 0.2) is 25.4 Å². The fourth-order valence-corrected chi connectivity index (χ4v) is 10.3. The molecule has 0 heterocycles. The molecule has 0 aliphatic rings. The summed E-state index contributed by atoms with van der Waals surface area (Å²) in [5.41, 5.74) is 1.78. The molecule has 0 aliphatic heterocycles. The number of carbonyl (C=O) groups excluding carboxylic acids is 1. The van der Waals surface area contributed by atoms with Crippen molar-refractivity contribution in [3.05, 3.63) is 54.6 Å². The molecule has 4 aromatic rings. The predicted molar refractivity (Wildman–Crippen MR) is 224 cm³/mol. The normalized spacial score (nSPS) is 13.5. The van der Waals surface area contributed by atoms with E-state index in [0.717, 1.165) is 36.4 Å². The molecule has 36 heteroatoms. The van der Waals surface area contributed by atoms with E-state index in [1.807, 2.05) is 0 Å². The lowest BCUT2D eigenvalue weighted by molar-refractivity contribution is -0.116. The van der Waals surface area contributed by atoms with Crippen molar-refractivity contribution < 1.29 is 100.0 Å². The highest BCUT2D eigenvalue weighted by Crippen LogP contribution is 2.48. The number of azo groups is 2. The fourth-order valence-electron chi connectivity index (χ4n) is 5.34. The van der Waals surface area contributed by atoms with E-state index in [4.69, 9.17) is 14.8 Å². The van der Waals surface area contributed by atoms with Gasteiger partial charge in [0.25, 0.3) is 30.4 Å². The Kier molecular flexibility index (Phi) is 16.1. The standard InChI is InChI=1S/C30H32N6O23S7/c31-27-26-17(14-23(63(46,47)48)28(27)35-33-18-3-6-20(7-4-18)61(41,42)13-10-59-66(55,56)57)15-24(64(49,50)51)29(30(26)38)36-34-21-16-19(5-8-22(21)62(43,44)45)32-25(37)2-1-11-60(39,40)12-9-58-65(52,53)54/h3-8,14-16,38H,1-2,9-13,31H2,(H,32,37)(H,43,44,45)(H,46,47,48)(H,49,50,51)(H,52,53,54)(H,55,56,57)/b35-33+,36-34+. The zero-order valence-electron chi connectivity index (χ0n) is 32.5. The summed E-state index contributed by atoms with van der Waals surface area (Å²) in [5.74, 6) is -4.59. The molecule has 0 aromatic heterocycles. The molecule has 4 aromatic carbocycles. The molecular weight excluding hydrogens is 1040 g/mol. The van der Waals surface area contributed by atoms with Crippen molar-refractivity contribution in [3.63, 3.8) is 0 Å². The molecule has 4 rings (SSSR count). The summed E-state index contributed by atoms with van der Waals surface area (Å²) in [4.78, 5) is 8.67. The number of carbonyl (C=O) groups is 1. The Balaban J connectivity index is 1.75. The first-order valence-electron chi connectivity index (χ1n) is 17.2. The van der Waals surface area contributed by atoms with Crippen LogP contribution in [-0.4, -0.2) is 123 Å². The lowest BCUT2D eigenvalue weighted by Gasteiger charge is -2.14. The Bertz CT molecular complexity index is 3460. The van der Waals surface area contributed by atoms with E-state index in [-0.39, 0.29) is 17.8 Å². The highest BCUT2D eigenvalue weighted by Gasteiger charge is 2.29. The van der Waals surface area contributed by atoms with Crippen molar-refractivity contribution in [2.75, 3.05) is 41.5 Å². The van der Waals surface area contributed by atoms with Gasteiger partial charge in [-0.15, -0.1) is 15.3 Å². The third kappa shape index (κ3) is 14.9. The average molecular weight is 1070 g/mol. The van der Waals surface area contributed by atoms with Crippen molar-refractivity contribution >= 4 is 122 Å². The summed E-state index contributed by atoms with van der Waals surface area (Å²) < 4.78 is 222. The van der Waals surface area contributed by atoms with Crippen LogP contribution in [0.25, 0.3) is 10.8 Å².